The van der Waals surface area contributed by atoms with Gasteiger partial charge in [0.05, 0.1) is 61.2 Å². The van der Waals surface area contributed by atoms with Gasteiger partial charge in [-0.05, 0) is 107 Å². The van der Waals surface area contributed by atoms with Gasteiger partial charge in [0, 0.05) is 51.4 Å². The zero-order chi connectivity index (χ0) is 63.4. The quantitative estimate of drug-likeness (QED) is 0.0815. The fraction of sp³-hybridized carbons (Fsp3) is 0.473. The van der Waals surface area contributed by atoms with Crippen molar-refractivity contribution >= 4 is 72.2 Å². The van der Waals surface area contributed by atoms with Crippen molar-refractivity contribution in [2.75, 3.05) is 38.4 Å². The maximum Gasteiger partial charge on any atom is -0.0134 e. The van der Waals surface area contributed by atoms with Crippen LogP contribution in [0, 0.1) is 13.8 Å². The first-order chi connectivity index (χ1) is 38.3. The van der Waals surface area contributed by atoms with Crippen LogP contribution in [0.15, 0.2) is 116 Å². The molecular weight excluding hydrogens is 1350 g/mol. The molecule has 24 nitrogen and oxygen atoms in total. The molecule has 3 amide bonds. The van der Waals surface area contributed by atoms with Crippen molar-refractivity contribution in [2.45, 2.75) is 133 Å². The summed E-state index contributed by atoms with van der Waals surface area (Å²) in [6.07, 6.45) is 6.24. The van der Waals surface area contributed by atoms with E-state index in [2.05, 4.69) is 126 Å². The summed E-state index contributed by atoms with van der Waals surface area (Å²) < 4.78 is 103. The largest absolute Gasteiger partial charge is 0.0622 e. The monoisotopic (exact) mass is 1430 g/mol. The van der Waals surface area contributed by atoms with E-state index in [1.165, 1.54) is 28.3 Å². The summed E-state index contributed by atoms with van der Waals surface area (Å²) in [4.78, 5) is 50.7. The number of amides is 3. The molecule has 0 aliphatic carbocycles. The van der Waals surface area contributed by atoms with Gasteiger partial charge in [0.1, 0.15) is 16.8 Å². The summed E-state index contributed by atoms with van der Waals surface area (Å²) in [5.74, 6) is 0. The average Bonchev–Trinajstić information content (AvgIpc) is 3.48. The van der Waals surface area contributed by atoms with Gasteiger partial charge in [-0.2, -0.15) is 4.31 Å². The number of aryl methyl sites for hydroxylation is 2. The van der Waals surface area contributed by atoms with E-state index in [0.29, 0.717) is 21.4 Å². The topological polar surface area (TPSA) is 330 Å². The van der Waals surface area contributed by atoms with Crippen LogP contribution in [0.25, 0.3) is 0 Å². The van der Waals surface area contributed by atoms with Crippen LogP contribution in [0.2, 0.25) is 0 Å². The third-order valence-corrected chi connectivity index (χ3v) is 15.2. The predicted octanol–water partition coefficient (Wildman–Crippen LogP) is 6.45. The molecule has 0 radical (unpaired) electrons. The number of carbonyl (C=O) groups is 3. The van der Waals surface area contributed by atoms with Gasteiger partial charge in [-0.25, -0.2) is 48.7 Å². The molecule has 3 aromatic carbocycles. The number of ether oxygens (including phenoxy) is 3. The van der Waals surface area contributed by atoms with Crippen LogP contribution in [0.5, 0.6) is 0 Å². The fourth-order valence-corrected chi connectivity index (χ4v) is 10.6. The molecular formula is C55H86N9O15PPtS3. The van der Waals surface area contributed by atoms with Gasteiger partial charge < -0.3 is 30.0 Å². The van der Waals surface area contributed by atoms with Crippen molar-refractivity contribution < 1.29 is 85.7 Å². The van der Waals surface area contributed by atoms with Crippen LogP contribution in [0.4, 0.5) is 14.4 Å². The molecule has 2 aromatic heterocycles. The number of sulfonamides is 3. The minimum absolute atomic E-state index is 0. The molecule has 4 N–H and O–H groups in total. The zero-order valence-electron chi connectivity index (χ0n) is 49.5. The Bertz CT molecular complexity index is 3080. The second kappa shape index (κ2) is 36.8. The summed E-state index contributed by atoms with van der Waals surface area (Å²) in [6.45, 7) is 21.9. The predicted molar refractivity (Wildman–Crippen MR) is 323 cm³/mol. The van der Waals surface area contributed by atoms with Crippen molar-refractivity contribution in [1.82, 2.24) is 43.9 Å². The molecule has 1 aliphatic rings. The van der Waals surface area contributed by atoms with Crippen LogP contribution in [0.1, 0.15) is 101 Å². The molecule has 0 saturated carbocycles. The Hall–Kier alpha value is -5.92. The SMILES string of the molecule is C.CC(C)(C)OC(=O)NS(C)(=O)=O.CC1NCCNC1CN(C(=O)OC(C)(C)C)S(C)(=O)=O.Cc1nccnc1CN(C(=O)OC(C)(C)C)S(C)(=O)=O.Cc1nccnc1CO.[HH].[O]=[Pt]=[O].c1ccc(P(c2ccccc2)c2ccccc2)cc1. The van der Waals surface area contributed by atoms with E-state index in [0.717, 1.165) is 41.9 Å². The van der Waals surface area contributed by atoms with Crippen molar-refractivity contribution in [2.24, 2.45) is 0 Å². The Morgan fingerprint density at radius 1 is 0.619 bits per heavy atom. The van der Waals surface area contributed by atoms with E-state index in [-0.39, 0.29) is 40.6 Å². The molecule has 5 aromatic rings. The normalized spacial score (nSPS) is 14.1. The van der Waals surface area contributed by atoms with E-state index < -0.39 is 91.6 Å². The Kier molecular flexibility index (Phi) is 34.2. The summed E-state index contributed by atoms with van der Waals surface area (Å²) in [5.41, 5.74) is 0.210. The molecule has 1 saturated heterocycles. The van der Waals surface area contributed by atoms with Crippen LogP contribution in [-0.4, -0.2) is 144 Å². The molecule has 0 spiro atoms. The maximum atomic E-state index is 12.1. The number of hydrogen-bond acceptors (Lipinski definition) is 21. The van der Waals surface area contributed by atoms with E-state index in [4.69, 9.17) is 21.4 Å². The molecule has 1 aliphatic heterocycles. The third kappa shape index (κ3) is 33.5. The number of carbonyl (C=O) groups excluding carboxylic acids is 3. The minimum atomic E-state index is -3.76. The first-order valence-corrected chi connectivity index (χ1v) is 34.1. The van der Waals surface area contributed by atoms with Crippen LogP contribution in [-0.2, 0) is 82.7 Å². The molecule has 0 bridgehead atoms. The summed E-state index contributed by atoms with van der Waals surface area (Å²) in [7, 11) is -11.4. The standard InChI is InChI=1S/C18H15P.C12H25N3O4S.C12H19N3O4S.C6H8N2O.C6H13NO4S.CH4.2O.Pt.H2/c1-4-10-16(11-5-1)19(17-12-6-2-7-13-17)18-14-8-3-9-15-18;2*1-9-10(14-7-6-13-9)8-15(20(5,17)18)11(16)19-12(2,3)4;1-5-6(4-9)8-3-2-7-5;1-6(2,3)11-5(8)7-12(4,9)10;;;;;/h1-15H;9-10,13-14H,6-8H2,1-5H3;6-7H,8H2,1-5H3;2-3,9H,4H2,1H3;1-4H3,(H,7,8);1H4;;;;1H. The number of aromatic nitrogens is 4. The van der Waals surface area contributed by atoms with Gasteiger partial charge in [-0.1, -0.05) is 98.4 Å². The number of aliphatic hydroxyl groups excluding tert-OH is 1. The maximum absolute atomic E-state index is 12.1. The number of benzene rings is 3. The Labute approximate surface area is 508 Å². The summed E-state index contributed by atoms with van der Waals surface area (Å²) in [6, 6.07) is 32.3. The Morgan fingerprint density at radius 2 is 0.964 bits per heavy atom. The molecule has 3 heterocycles. The fourth-order valence-electron chi connectivity index (χ4n) is 6.51. The smallest absolute Gasteiger partial charge is 0.0134 e. The molecule has 6 rings (SSSR count). The number of nitrogens with zero attached hydrogens (tertiary/aromatic N) is 6. The molecule has 1 fully saturated rings. The van der Waals surface area contributed by atoms with Gasteiger partial charge in [0.2, 0.25) is 30.1 Å². The number of nitrogens with one attached hydrogen (secondary N) is 3. The summed E-state index contributed by atoms with van der Waals surface area (Å²) in [5, 5.41) is 19.3. The molecule has 84 heavy (non-hydrogen) atoms. The van der Waals surface area contributed by atoms with Gasteiger partial charge >= 0.3 is 43.6 Å². The number of hydrogen-bond donors (Lipinski definition) is 4. The number of aliphatic hydroxyl groups is 1. The first-order valence-electron chi connectivity index (χ1n) is 25.3. The Morgan fingerprint density at radius 3 is 1.27 bits per heavy atom. The Balaban J connectivity index is 0. The van der Waals surface area contributed by atoms with Gasteiger partial charge in [-0.3, -0.25) is 19.9 Å². The second-order valence-electron chi connectivity index (χ2n) is 20.9. The third-order valence-electron chi connectivity index (χ3n) is 10.1. The second-order valence-corrected chi connectivity index (χ2v) is 29.1. The summed E-state index contributed by atoms with van der Waals surface area (Å²) >= 11 is -1.92. The molecule has 2 atom stereocenters. The van der Waals surface area contributed by atoms with Crippen molar-refractivity contribution in [3.63, 3.8) is 0 Å². The van der Waals surface area contributed by atoms with Crippen LogP contribution >= 0.6 is 7.92 Å². The van der Waals surface area contributed by atoms with Crippen molar-refractivity contribution in [1.29, 1.82) is 0 Å². The van der Waals surface area contributed by atoms with E-state index in [1.807, 2.05) is 13.8 Å². The number of rotatable bonds is 11. The zero-order valence-corrected chi connectivity index (χ0v) is 55.1. The molecule has 474 valence electrons. The molecule has 29 heteroatoms. The van der Waals surface area contributed by atoms with Gasteiger partial charge in [-0.15, -0.1) is 0 Å². The average molecular weight is 1440 g/mol. The molecule has 2 unspecified atom stereocenters. The minimum Gasteiger partial charge on any atom is -0.0622 e. The van der Waals surface area contributed by atoms with E-state index in [9.17, 15) is 39.6 Å². The van der Waals surface area contributed by atoms with E-state index >= 15 is 0 Å². The van der Waals surface area contributed by atoms with Crippen LogP contribution in [0.3, 0.4) is 0 Å². The van der Waals surface area contributed by atoms with Gasteiger partial charge in [0.15, 0.2) is 0 Å². The first kappa shape index (κ1) is 78.1. The number of piperazine rings is 1. The van der Waals surface area contributed by atoms with Crippen LogP contribution < -0.4 is 31.3 Å². The van der Waals surface area contributed by atoms with Crippen molar-refractivity contribution in [3.05, 3.63) is 139 Å². The van der Waals surface area contributed by atoms with E-state index in [1.54, 1.807) is 86.4 Å². The van der Waals surface area contributed by atoms with Gasteiger partial charge in [0.25, 0.3) is 0 Å². The van der Waals surface area contributed by atoms with Crippen molar-refractivity contribution in [3.8, 4) is 0 Å².